The second-order valence-electron chi connectivity index (χ2n) is 5.22. The second-order valence-corrected chi connectivity index (χ2v) is 5.22. The van der Waals surface area contributed by atoms with Gasteiger partial charge in [0.2, 0.25) is 12.7 Å². The van der Waals surface area contributed by atoms with Crippen LogP contribution in [-0.2, 0) is 11.2 Å². The van der Waals surface area contributed by atoms with Crippen molar-refractivity contribution < 1.29 is 14.3 Å². The Kier molecular flexibility index (Phi) is 3.52. The number of anilines is 1. The fourth-order valence-corrected chi connectivity index (χ4v) is 2.34. The predicted octanol–water partition coefficient (Wildman–Crippen LogP) is 3.21. The van der Waals surface area contributed by atoms with Crippen LogP contribution >= 0.6 is 0 Å². The van der Waals surface area contributed by atoms with Gasteiger partial charge in [0.25, 0.3) is 0 Å². The largest absolute Gasteiger partial charge is 0.454 e. The fourth-order valence-electron chi connectivity index (χ4n) is 2.34. The molecule has 0 saturated carbocycles. The van der Waals surface area contributed by atoms with Crippen LogP contribution in [-0.4, -0.2) is 12.7 Å². The zero-order valence-corrected chi connectivity index (χ0v) is 12.1. The van der Waals surface area contributed by atoms with E-state index in [0.29, 0.717) is 17.9 Å². The van der Waals surface area contributed by atoms with E-state index in [1.165, 1.54) is 0 Å². The van der Waals surface area contributed by atoms with Gasteiger partial charge >= 0.3 is 0 Å². The lowest BCUT2D eigenvalue weighted by Gasteiger charge is -2.09. The summed E-state index contributed by atoms with van der Waals surface area (Å²) in [6.45, 7) is 4.27. The lowest BCUT2D eigenvalue weighted by Crippen LogP contribution is -2.15. The molecular weight excluding hydrogens is 266 g/mol. The Morgan fingerprint density at radius 2 is 1.90 bits per heavy atom. The van der Waals surface area contributed by atoms with Crippen LogP contribution in [0, 0.1) is 13.8 Å². The number of rotatable bonds is 3. The molecular formula is C17H17NO3. The number of amides is 1. The Hall–Kier alpha value is -2.49. The Morgan fingerprint density at radius 1 is 1.10 bits per heavy atom. The average molecular weight is 283 g/mol. The molecule has 1 N–H and O–H groups in total. The number of ether oxygens (including phenoxy) is 2. The van der Waals surface area contributed by atoms with Crippen molar-refractivity contribution in [1.29, 1.82) is 0 Å². The minimum Gasteiger partial charge on any atom is -0.454 e. The van der Waals surface area contributed by atoms with E-state index >= 15 is 0 Å². The highest BCUT2D eigenvalue weighted by molar-refractivity contribution is 5.92. The number of carbonyl (C=O) groups is 1. The number of carbonyl (C=O) groups excluding carboxylic acids is 1. The predicted molar refractivity (Wildman–Crippen MR) is 80.8 cm³/mol. The van der Waals surface area contributed by atoms with Crippen LogP contribution in [0.3, 0.4) is 0 Å². The van der Waals surface area contributed by atoms with Crippen molar-refractivity contribution in [3.63, 3.8) is 0 Å². The molecule has 0 saturated heterocycles. The summed E-state index contributed by atoms with van der Waals surface area (Å²) >= 11 is 0. The van der Waals surface area contributed by atoms with Crippen molar-refractivity contribution in [1.82, 2.24) is 0 Å². The van der Waals surface area contributed by atoms with E-state index in [1.807, 2.05) is 26.0 Å². The number of hydrogen-bond acceptors (Lipinski definition) is 3. The minimum absolute atomic E-state index is 0.0393. The summed E-state index contributed by atoms with van der Waals surface area (Å²) in [7, 11) is 0. The molecule has 2 aromatic carbocycles. The van der Waals surface area contributed by atoms with E-state index in [0.717, 1.165) is 22.4 Å². The van der Waals surface area contributed by atoms with Crippen LogP contribution in [0.4, 0.5) is 5.69 Å². The highest BCUT2D eigenvalue weighted by atomic mass is 16.7. The summed E-state index contributed by atoms with van der Waals surface area (Å²) < 4.78 is 10.5. The van der Waals surface area contributed by atoms with Gasteiger partial charge in [0, 0.05) is 11.8 Å². The minimum atomic E-state index is -0.0393. The van der Waals surface area contributed by atoms with Crippen molar-refractivity contribution >= 4 is 11.6 Å². The third-order valence-electron chi connectivity index (χ3n) is 3.51. The first kappa shape index (κ1) is 13.5. The maximum atomic E-state index is 12.2. The zero-order valence-electron chi connectivity index (χ0n) is 12.1. The number of fused-ring (bicyclic) bond motifs is 1. The Balaban J connectivity index is 1.70. The number of aryl methyl sites for hydroxylation is 2. The SMILES string of the molecule is Cc1ccc(C)c(CC(=O)Nc2ccc3c(c2)OCO3)c1. The highest BCUT2D eigenvalue weighted by Crippen LogP contribution is 2.34. The third kappa shape index (κ3) is 2.99. The molecule has 1 aliphatic rings. The fraction of sp³-hybridized carbons (Fsp3) is 0.235. The molecule has 1 aliphatic heterocycles. The summed E-state index contributed by atoms with van der Waals surface area (Å²) in [5, 5.41) is 2.89. The molecule has 0 fully saturated rings. The van der Waals surface area contributed by atoms with Crippen LogP contribution in [0.25, 0.3) is 0 Å². The Bertz CT molecular complexity index is 694. The first-order valence-electron chi connectivity index (χ1n) is 6.87. The molecule has 0 aromatic heterocycles. The van der Waals surface area contributed by atoms with Crippen molar-refractivity contribution in [3.05, 3.63) is 53.1 Å². The Labute approximate surface area is 123 Å². The smallest absolute Gasteiger partial charge is 0.231 e. The third-order valence-corrected chi connectivity index (χ3v) is 3.51. The molecule has 21 heavy (non-hydrogen) atoms. The lowest BCUT2D eigenvalue weighted by molar-refractivity contribution is -0.115. The maximum absolute atomic E-state index is 12.2. The van der Waals surface area contributed by atoms with Gasteiger partial charge in [-0.3, -0.25) is 4.79 Å². The number of hydrogen-bond donors (Lipinski definition) is 1. The topological polar surface area (TPSA) is 47.6 Å². The average Bonchev–Trinajstić information content (AvgIpc) is 2.90. The summed E-state index contributed by atoms with van der Waals surface area (Å²) in [5.41, 5.74) is 4.05. The molecule has 0 atom stereocenters. The van der Waals surface area contributed by atoms with Gasteiger partial charge in [-0.1, -0.05) is 23.8 Å². The zero-order chi connectivity index (χ0) is 14.8. The molecule has 108 valence electrons. The van der Waals surface area contributed by atoms with Gasteiger partial charge in [0.05, 0.1) is 6.42 Å². The van der Waals surface area contributed by atoms with Crippen LogP contribution < -0.4 is 14.8 Å². The lowest BCUT2D eigenvalue weighted by atomic mass is 10.0. The van der Waals surface area contributed by atoms with E-state index < -0.39 is 0 Å². The van der Waals surface area contributed by atoms with E-state index in [-0.39, 0.29) is 12.7 Å². The first-order chi connectivity index (χ1) is 10.1. The molecule has 0 bridgehead atoms. The van der Waals surface area contributed by atoms with Crippen molar-refractivity contribution in [2.45, 2.75) is 20.3 Å². The van der Waals surface area contributed by atoms with Gasteiger partial charge in [0.1, 0.15) is 0 Å². The molecule has 1 amide bonds. The van der Waals surface area contributed by atoms with Crippen LogP contribution in [0.5, 0.6) is 11.5 Å². The van der Waals surface area contributed by atoms with Crippen LogP contribution in [0.15, 0.2) is 36.4 Å². The summed E-state index contributed by atoms with van der Waals surface area (Å²) in [5.74, 6) is 1.34. The summed E-state index contributed by atoms with van der Waals surface area (Å²) in [4.78, 5) is 12.2. The normalized spacial score (nSPS) is 12.3. The van der Waals surface area contributed by atoms with Gasteiger partial charge in [-0.25, -0.2) is 0 Å². The summed E-state index contributed by atoms with van der Waals surface area (Å²) in [6.07, 6.45) is 0.363. The van der Waals surface area contributed by atoms with Gasteiger partial charge < -0.3 is 14.8 Å². The van der Waals surface area contributed by atoms with Crippen molar-refractivity contribution in [2.24, 2.45) is 0 Å². The molecule has 0 radical (unpaired) electrons. The molecule has 2 aromatic rings. The molecule has 0 unspecified atom stereocenters. The maximum Gasteiger partial charge on any atom is 0.231 e. The number of nitrogens with one attached hydrogen (secondary N) is 1. The monoisotopic (exact) mass is 283 g/mol. The van der Waals surface area contributed by atoms with Gasteiger partial charge in [-0.05, 0) is 37.1 Å². The van der Waals surface area contributed by atoms with Gasteiger partial charge in [-0.15, -0.1) is 0 Å². The quantitative estimate of drug-likeness (QED) is 0.941. The molecule has 3 rings (SSSR count). The number of benzene rings is 2. The molecule has 4 nitrogen and oxygen atoms in total. The van der Waals surface area contributed by atoms with E-state index in [4.69, 9.17) is 9.47 Å². The second kappa shape index (κ2) is 5.48. The molecule has 4 heteroatoms. The summed E-state index contributed by atoms with van der Waals surface area (Å²) in [6, 6.07) is 11.5. The van der Waals surface area contributed by atoms with E-state index in [1.54, 1.807) is 12.1 Å². The van der Waals surface area contributed by atoms with Crippen molar-refractivity contribution in [2.75, 3.05) is 12.1 Å². The Morgan fingerprint density at radius 3 is 2.76 bits per heavy atom. The highest BCUT2D eigenvalue weighted by Gasteiger charge is 2.14. The van der Waals surface area contributed by atoms with Crippen LogP contribution in [0.1, 0.15) is 16.7 Å². The van der Waals surface area contributed by atoms with Gasteiger partial charge in [-0.2, -0.15) is 0 Å². The van der Waals surface area contributed by atoms with Gasteiger partial charge in [0.15, 0.2) is 11.5 Å². The van der Waals surface area contributed by atoms with E-state index in [2.05, 4.69) is 17.4 Å². The standard InChI is InChI=1S/C17H17NO3/c1-11-3-4-12(2)13(7-11)8-17(19)18-14-5-6-15-16(9-14)21-10-20-15/h3-7,9H,8,10H2,1-2H3,(H,18,19). The first-order valence-corrected chi connectivity index (χ1v) is 6.87. The van der Waals surface area contributed by atoms with Crippen LogP contribution in [0.2, 0.25) is 0 Å². The van der Waals surface area contributed by atoms with E-state index in [9.17, 15) is 4.79 Å². The molecule has 0 spiro atoms. The molecule has 0 aliphatic carbocycles. The molecule has 1 heterocycles. The van der Waals surface area contributed by atoms with Crippen molar-refractivity contribution in [3.8, 4) is 11.5 Å².